The van der Waals surface area contributed by atoms with Gasteiger partial charge in [0.25, 0.3) is 0 Å². The first-order valence-electron chi connectivity index (χ1n) is 8.28. The molecular formula is C17H25N3O2. The third-order valence-corrected chi connectivity index (χ3v) is 5.30. The Kier molecular flexibility index (Phi) is 3.42. The molecule has 1 aromatic rings. The van der Waals surface area contributed by atoms with E-state index >= 15 is 0 Å². The maximum Gasteiger partial charge on any atom is 0.125 e. The van der Waals surface area contributed by atoms with Crippen LogP contribution in [-0.4, -0.2) is 56.9 Å². The number of morpholine rings is 1. The van der Waals surface area contributed by atoms with E-state index in [2.05, 4.69) is 29.0 Å². The van der Waals surface area contributed by atoms with Gasteiger partial charge in [-0.3, -0.25) is 0 Å². The van der Waals surface area contributed by atoms with Gasteiger partial charge in [-0.15, -0.1) is 0 Å². The van der Waals surface area contributed by atoms with Crippen molar-refractivity contribution < 1.29 is 9.47 Å². The van der Waals surface area contributed by atoms with Gasteiger partial charge < -0.3 is 25.0 Å². The van der Waals surface area contributed by atoms with Crippen molar-refractivity contribution in [1.82, 2.24) is 4.90 Å². The number of piperidine rings is 1. The molecule has 0 aliphatic carbocycles. The SMILES string of the molecule is CN1CCC2(CC1)Cc1cc(N)c(N3CCOCC3)cc1O2. The Morgan fingerprint density at radius 3 is 2.55 bits per heavy atom. The van der Waals surface area contributed by atoms with Gasteiger partial charge in [-0.05, 0) is 13.1 Å². The zero-order valence-electron chi connectivity index (χ0n) is 13.3. The van der Waals surface area contributed by atoms with Crippen LogP contribution in [0.4, 0.5) is 11.4 Å². The Labute approximate surface area is 132 Å². The summed E-state index contributed by atoms with van der Waals surface area (Å²) in [5, 5.41) is 0. The van der Waals surface area contributed by atoms with Gasteiger partial charge >= 0.3 is 0 Å². The highest BCUT2D eigenvalue weighted by Crippen LogP contribution is 2.44. The molecule has 0 bridgehead atoms. The monoisotopic (exact) mass is 303 g/mol. The van der Waals surface area contributed by atoms with E-state index in [-0.39, 0.29) is 5.60 Å². The molecule has 3 aliphatic heterocycles. The van der Waals surface area contributed by atoms with Crippen LogP contribution in [0, 0.1) is 0 Å². The van der Waals surface area contributed by atoms with E-state index in [1.54, 1.807) is 0 Å². The highest BCUT2D eigenvalue weighted by molar-refractivity contribution is 5.72. The summed E-state index contributed by atoms with van der Waals surface area (Å²) in [6, 6.07) is 4.29. The Bertz CT molecular complexity index is 561. The molecule has 0 unspecified atom stereocenters. The third-order valence-electron chi connectivity index (χ3n) is 5.30. The Morgan fingerprint density at radius 2 is 1.82 bits per heavy atom. The molecular weight excluding hydrogens is 278 g/mol. The van der Waals surface area contributed by atoms with E-state index in [1.165, 1.54) is 5.56 Å². The Morgan fingerprint density at radius 1 is 1.09 bits per heavy atom. The fraction of sp³-hybridized carbons (Fsp3) is 0.647. The molecule has 0 radical (unpaired) electrons. The topological polar surface area (TPSA) is 51.0 Å². The summed E-state index contributed by atoms with van der Waals surface area (Å²) in [5.41, 5.74) is 9.57. The van der Waals surface area contributed by atoms with Gasteiger partial charge in [-0.2, -0.15) is 0 Å². The van der Waals surface area contributed by atoms with Crippen molar-refractivity contribution in [2.45, 2.75) is 24.9 Å². The van der Waals surface area contributed by atoms with E-state index in [0.29, 0.717) is 0 Å². The summed E-state index contributed by atoms with van der Waals surface area (Å²) in [6.45, 7) is 5.57. The lowest BCUT2D eigenvalue weighted by atomic mass is 9.87. The van der Waals surface area contributed by atoms with Gasteiger partial charge in [-0.1, -0.05) is 0 Å². The van der Waals surface area contributed by atoms with Crippen molar-refractivity contribution in [3.8, 4) is 5.75 Å². The molecule has 5 nitrogen and oxygen atoms in total. The zero-order chi connectivity index (χ0) is 15.2. The van der Waals surface area contributed by atoms with E-state index in [4.69, 9.17) is 15.2 Å². The fourth-order valence-electron chi connectivity index (χ4n) is 3.87. The predicted molar refractivity (Wildman–Crippen MR) is 87.7 cm³/mol. The minimum absolute atomic E-state index is 0.00488. The van der Waals surface area contributed by atoms with E-state index in [1.807, 2.05) is 0 Å². The molecule has 0 saturated carbocycles. The number of nitrogens with zero attached hydrogens (tertiary/aromatic N) is 2. The second kappa shape index (κ2) is 5.32. The number of hydrogen-bond donors (Lipinski definition) is 1. The smallest absolute Gasteiger partial charge is 0.125 e. The van der Waals surface area contributed by atoms with Crippen molar-refractivity contribution >= 4 is 11.4 Å². The van der Waals surface area contributed by atoms with Crippen LogP contribution in [0.25, 0.3) is 0 Å². The van der Waals surface area contributed by atoms with Crippen LogP contribution in [0.2, 0.25) is 0 Å². The molecule has 3 heterocycles. The summed E-state index contributed by atoms with van der Waals surface area (Å²) >= 11 is 0. The molecule has 2 N–H and O–H groups in total. The average molecular weight is 303 g/mol. The molecule has 0 atom stereocenters. The van der Waals surface area contributed by atoms with Crippen molar-refractivity contribution in [3.05, 3.63) is 17.7 Å². The number of benzene rings is 1. The molecule has 4 rings (SSSR count). The van der Waals surface area contributed by atoms with Gasteiger partial charge in [0.05, 0.1) is 24.6 Å². The predicted octanol–water partition coefficient (Wildman–Crippen LogP) is 1.50. The number of likely N-dealkylation sites (tertiary alicyclic amines) is 1. The van der Waals surface area contributed by atoms with Gasteiger partial charge in [0.1, 0.15) is 11.4 Å². The number of anilines is 2. The molecule has 2 fully saturated rings. The van der Waals surface area contributed by atoms with Crippen LogP contribution < -0.4 is 15.4 Å². The van der Waals surface area contributed by atoms with Crippen molar-refractivity contribution in [1.29, 1.82) is 0 Å². The van der Waals surface area contributed by atoms with Crippen LogP contribution in [-0.2, 0) is 11.2 Å². The van der Waals surface area contributed by atoms with Crippen molar-refractivity contribution in [3.63, 3.8) is 0 Å². The fourth-order valence-corrected chi connectivity index (χ4v) is 3.87. The number of fused-ring (bicyclic) bond motifs is 1. The van der Waals surface area contributed by atoms with Crippen LogP contribution in [0.5, 0.6) is 5.75 Å². The number of rotatable bonds is 1. The van der Waals surface area contributed by atoms with E-state index in [0.717, 1.165) is 75.8 Å². The molecule has 120 valence electrons. The summed E-state index contributed by atoms with van der Waals surface area (Å²) in [4.78, 5) is 4.69. The van der Waals surface area contributed by atoms with Crippen molar-refractivity contribution in [2.75, 3.05) is 57.1 Å². The lowest BCUT2D eigenvalue weighted by molar-refractivity contribution is 0.0271. The van der Waals surface area contributed by atoms with Crippen LogP contribution in [0.3, 0.4) is 0 Å². The van der Waals surface area contributed by atoms with E-state index < -0.39 is 0 Å². The average Bonchev–Trinajstić information content (AvgIpc) is 2.88. The molecule has 1 spiro atoms. The summed E-state index contributed by atoms with van der Waals surface area (Å²) in [6.07, 6.45) is 3.21. The lowest BCUT2D eigenvalue weighted by Gasteiger charge is -2.37. The first-order chi connectivity index (χ1) is 10.7. The zero-order valence-corrected chi connectivity index (χ0v) is 13.3. The minimum Gasteiger partial charge on any atom is -0.486 e. The normalized spacial score (nSPS) is 24.3. The number of hydrogen-bond acceptors (Lipinski definition) is 5. The van der Waals surface area contributed by atoms with Crippen LogP contribution >= 0.6 is 0 Å². The first-order valence-corrected chi connectivity index (χ1v) is 8.28. The second-order valence-electron chi connectivity index (χ2n) is 6.88. The summed E-state index contributed by atoms with van der Waals surface area (Å²) in [7, 11) is 2.18. The lowest BCUT2D eigenvalue weighted by Crippen LogP contribution is -2.45. The Hall–Kier alpha value is -1.46. The standard InChI is InChI=1S/C17H25N3O2/c1-19-4-2-17(3-5-19)12-13-10-14(18)15(11-16(13)22-17)20-6-8-21-9-7-20/h10-11H,2-9,12,18H2,1H3. The first kappa shape index (κ1) is 14.2. The molecule has 0 amide bonds. The van der Waals surface area contributed by atoms with Crippen LogP contribution in [0.1, 0.15) is 18.4 Å². The molecule has 0 aromatic heterocycles. The summed E-state index contributed by atoms with van der Waals surface area (Å²) in [5.74, 6) is 1.04. The molecule has 1 aromatic carbocycles. The van der Waals surface area contributed by atoms with Gasteiger partial charge in [0, 0.05) is 57.1 Å². The third kappa shape index (κ3) is 2.42. The summed E-state index contributed by atoms with van der Waals surface area (Å²) < 4.78 is 11.9. The van der Waals surface area contributed by atoms with Gasteiger partial charge in [0.2, 0.25) is 0 Å². The molecule has 3 aliphatic rings. The highest BCUT2D eigenvalue weighted by atomic mass is 16.5. The van der Waals surface area contributed by atoms with Crippen LogP contribution in [0.15, 0.2) is 12.1 Å². The maximum atomic E-state index is 6.43. The van der Waals surface area contributed by atoms with Crippen molar-refractivity contribution in [2.24, 2.45) is 0 Å². The Balaban J connectivity index is 1.58. The minimum atomic E-state index is 0.00488. The molecule has 2 saturated heterocycles. The second-order valence-corrected chi connectivity index (χ2v) is 6.88. The maximum absolute atomic E-state index is 6.43. The largest absolute Gasteiger partial charge is 0.486 e. The number of ether oxygens (including phenoxy) is 2. The molecule has 5 heteroatoms. The molecule has 22 heavy (non-hydrogen) atoms. The van der Waals surface area contributed by atoms with E-state index in [9.17, 15) is 0 Å². The van der Waals surface area contributed by atoms with Gasteiger partial charge in [-0.25, -0.2) is 0 Å². The quantitative estimate of drug-likeness (QED) is 0.797. The number of nitrogens with two attached hydrogens (primary N) is 1. The highest BCUT2D eigenvalue weighted by Gasteiger charge is 2.41. The van der Waals surface area contributed by atoms with Gasteiger partial charge in [0.15, 0.2) is 0 Å². The number of nitrogen functional groups attached to an aromatic ring is 1.